The Bertz CT molecular complexity index is 309. The summed E-state index contributed by atoms with van der Waals surface area (Å²) in [4.78, 5) is 11.0. The Morgan fingerprint density at radius 3 is 2.76 bits per heavy atom. The summed E-state index contributed by atoms with van der Waals surface area (Å²) in [5, 5.41) is 0. The van der Waals surface area contributed by atoms with Gasteiger partial charge in [-0.3, -0.25) is 0 Å². The lowest BCUT2D eigenvalue weighted by Crippen LogP contribution is -2.36. The molecule has 0 aromatic heterocycles. The first-order chi connectivity index (χ1) is 8.06. The smallest absolute Gasteiger partial charge is 0.333 e. The highest BCUT2D eigenvalue weighted by molar-refractivity contribution is 5.84. The maximum Gasteiger partial charge on any atom is 0.333 e. The van der Waals surface area contributed by atoms with E-state index in [1.165, 1.54) is 18.9 Å². The van der Waals surface area contributed by atoms with Crippen molar-refractivity contribution in [3.8, 4) is 0 Å². The van der Waals surface area contributed by atoms with E-state index in [4.69, 9.17) is 9.47 Å². The van der Waals surface area contributed by atoms with Gasteiger partial charge in [-0.1, -0.05) is 20.8 Å². The van der Waals surface area contributed by atoms with E-state index in [-0.39, 0.29) is 12.1 Å². The second-order valence-corrected chi connectivity index (χ2v) is 5.67. The van der Waals surface area contributed by atoms with Crippen LogP contribution in [0.4, 0.5) is 0 Å². The molecule has 2 rings (SSSR count). The number of rotatable bonds is 3. The van der Waals surface area contributed by atoms with Crippen molar-refractivity contribution in [3.63, 3.8) is 0 Å². The molecule has 0 spiro atoms. The molecule has 2 aliphatic rings. The van der Waals surface area contributed by atoms with Crippen LogP contribution in [0.1, 0.15) is 40.0 Å². The average Bonchev–Trinajstić information content (AvgIpc) is 2.66. The zero-order chi connectivity index (χ0) is 12.4. The van der Waals surface area contributed by atoms with Crippen molar-refractivity contribution < 1.29 is 14.3 Å². The van der Waals surface area contributed by atoms with E-state index in [1.807, 2.05) is 0 Å². The largest absolute Gasteiger partial charge is 0.429 e. The molecule has 1 fully saturated rings. The predicted octanol–water partition coefficient (Wildman–Crippen LogP) is 2.90. The molecule has 0 aromatic carbocycles. The van der Waals surface area contributed by atoms with Crippen LogP contribution >= 0.6 is 0 Å². The summed E-state index contributed by atoms with van der Waals surface area (Å²) in [6, 6.07) is 0. The van der Waals surface area contributed by atoms with E-state index in [2.05, 4.69) is 20.8 Å². The van der Waals surface area contributed by atoms with Crippen LogP contribution in [-0.2, 0) is 14.3 Å². The third-order valence-corrected chi connectivity index (χ3v) is 3.88. The van der Waals surface area contributed by atoms with Crippen molar-refractivity contribution >= 4 is 5.97 Å². The van der Waals surface area contributed by atoms with E-state index in [0.29, 0.717) is 11.8 Å². The first-order valence-electron chi connectivity index (χ1n) is 6.60. The molecule has 1 aliphatic carbocycles. The van der Waals surface area contributed by atoms with E-state index in [0.717, 1.165) is 12.3 Å². The second-order valence-electron chi connectivity index (χ2n) is 5.67. The zero-order valence-electron chi connectivity index (χ0n) is 10.9. The lowest BCUT2D eigenvalue weighted by atomic mass is 9.75. The van der Waals surface area contributed by atoms with Crippen LogP contribution in [0.3, 0.4) is 0 Å². The number of hydrogen-bond donors (Lipinski definition) is 0. The third-order valence-electron chi connectivity index (χ3n) is 3.88. The summed E-state index contributed by atoms with van der Waals surface area (Å²) < 4.78 is 11.0. The standard InChI is InChI=1S/C14H22O3/c1-9(2)11-8-10(3)4-5-12(11)16-14-7-6-13(15)17-14/h6-7,9-12,14H,4-5,8H2,1-3H3/t10-,11-,12+,14+/m1/s1. The minimum Gasteiger partial charge on any atom is -0.429 e. The highest BCUT2D eigenvalue weighted by Gasteiger charge is 2.34. The number of hydrogen-bond acceptors (Lipinski definition) is 3. The highest BCUT2D eigenvalue weighted by atomic mass is 16.7. The van der Waals surface area contributed by atoms with Gasteiger partial charge >= 0.3 is 5.97 Å². The van der Waals surface area contributed by atoms with Gasteiger partial charge in [-0.2, -0.15) is 0 Å². The van der Waals surface area contributed by atoms with Crippen molar-refractivity contribution in [1.29, 1.82) is 0 Å². The molecule has 0 radical (unpaired) electrons. The van der Waals surface area contributed by atoms with Crippen LogP contribution in [-0.4, -0.2) is 18.4 Å². The average molecular weight is 238 g/mol. The maximum atomic E-state index is 11.0. The molecule has 0 bridgehead atoms. The van der Waals surface area contributed by atoms with Gasteiger partial charge in [0.1, 0.15) is 0 Å². The van der Waals surface area contributed by atoms with Crippen molar-refractivity contribution in [2.24, 2.45) is 17.8 Å². The van der Waals surface area contributed by atoms with Gasteiger partial charge in [0.05, 0.1) is 6.10 Å². The summed E-state index contributed by atoms with van der Waals surface area (Å²) in [5.74, 6) is 1.68. The molecule has 0 unspecified atom stereocenters. The minimum absolute atomic E-state index is 0.228. The summed E-state index contributed by atoms with van der Waals surface area (Å²) in [5.41, 5.74) is 0. The van der Waals surface area contributed by atoms with E-state index in [1.54, 1.807) is 6.08 Å². The molecule has 4 atom stereocenters. The van der Waals surface area contributed by atoms with Crippen molar-refractivity contribution in [2.45, 2.75) is 52.4 Å². The number of carbonyl (C=O) groups is 1. The Morgan fingerprint density at radius 2 is 2.18 bits per heavy atom. The Kier molecular flexibility index (Phi) is 3.87. The summed E-state index contributed by atoms with van der Waals surface area (Å²) in [6.07, 6.45) is 6.42. The monoisotopic (exact) mass is 238 g/mol. The fourth-order valence-corrected chi connectivity index (χ4v) is 2.86. The van der Waals surface area contributed by atoms with Crippen LogP contribution in [0.25, 0.3) is 0 Å². The van der Waals surface area contributed by atoms with Crippen LogP contribution in [0, 0.1) is 17.8 Å². The van der Waals surface area contributed by atoms with Gasteiger partial charge in [-0.15, -0.1) is 0 Å². The Labute approximate surface area is 103 Å². The molecular weight excluding hydrogens is 216 g/mol. The number of cyclic esters (lactones) is 1. The summed E-state index contributed by atoms with van der Waals surface area (Å²) >= 11 is 0. The lowest BCUT2D eigenvalue weighted by molar-refractivity contribution is -0.177. The molecule has 96 valence electrons. The zero-order valence-corrected chi connectivity index (χ0v) is 10.9. The molecule has 0 N–H and O–H groups in total. The van der Waals surface area contributed by atoms with Crippen LogP contribution in [0.15, 0.2) is 12.2 Å². The fourth-order valence-electron chi connectivity index (χ4n) is 2.86. The number of ether oxygens (including phenoxy) is 2. The maximum absolute atomic E-state index is 11.0. The molecular formula is C14H22O3. The van der Waals surface area contributed by atoms with E-state index in [9.17, 15) is 4.79 Å². The SMILES string of the molecule is CC(C)[C@H]1C[C@H](C)CC[C@@H]1O[C@@H]1C=CC(=O)O1. The number of carbonyl (C=O) groups excluding carboxylic acids is 1. The Hall–Kier alpha value is -0.830. The topological polar surface area (TPSA) is 35.5 Å². The van der Waals surface area contributed by atoms with Gasteiger partial charge in [0.25, 0.3) is 0 Å². The first kappa shape index (κ1) is 12.6. The van der Waals surface area contributed by atoms with Crippen LogP contribution in [0.5, 0.6) is 0 Å². The van der Waals surface area contributed by atoms with Gasteiger partial charge in [0.15, 0.2) is 0 Å². The van der Waals surface area contributed by atoms with E-state index < -0.39 is 6.29 Å². The van der Waals surface area contributed by atoms with Gasteiger partial charge in [-0.05, 0) is 43.1 Å². The van der Waals surface area contributed by atoms with Gasteiger partial charge in [-0.25, -0.2) is 4.79 Å². The van der Waals surface area contributed by atoms with Crippen LogP contribution in [0.2, 0.25) is 0 Å². The minimum atomic E-state index is -0.456. The third kappa shape index (κ3) is 3.09. The van der Waals surface area contributed by atoms with Crippen molar-refractivity contribution in [2.75, 3.05) is 0 Å². The molecule has 3 heteroatoms. The molecule has 0 aromatic rings. The van der Waals surface area contributed by atoms with Crippen molar-refractivity contribution in [1.82, 2.24) is 0 Å². The molecule has 1 saturated carbocycles. The fraction of sp³-hybridized carbons (Fsp3) is 0.786. The predicted molar refractivity (Wildman–Crippen MR) is 65.2 cm³/mol. The van der Waals surface area contributed by atoms with Gasteiger partial charge < -0.3 is 9.47 Å². The molecule has 1 aliphatic heterocycles. The molecule has 3 nitrogen and oxygen atoms in total. The van der Waals surface area contributed by atoms with Gasteiger partial charge in [0, 0.05) is 6.08 Å². The van der Waals surface area contributed by atoms with Crippen molar-refractivity contribution in [3.05, 3.63) is 12.2 Å². The van der Waals surface area contributed by atoms with Crippen LogP contribution < -0.4 is 0 Å². The Morgan fingerprint density at radius 1 is 1.41 bits per heavy atom. The Balaban J connectivity index is 1.94. The molecule has 1 heterocycles. The molecule has 0 amide bonds. The highest BCUT2D eigenvalue weighted by Crippen LogP contribution is 2.36. The lowest BCUT2D eigenvalue weighted by Gasteiger charge is -2.37. The van der Waals surface area contributed by atoms with Gasteiger partial charge in [0.2, 0.25) is 6.29 Å². The van der Waals surface area contributed by atoms with E-state index >= 15 is 0 Å². The second kappa shape index (κ2) is 5.21. The quantitative estimate of drug-likeness (QED) is 0.709. The normalized spacial score (nSPS) is 37.5. The molecule has 0 saturated heterocycles. The molecule has 17 heavy (non-hydrogen) atoms. The first-order valence-corrected chi connectivity index (χ1v) is 6.60. The summed E-state index contributed by atoms with van der Waals surface area (Å²) in [6.45, 7) is 6.80. The number of esters is 1. The summed E-state index contributed by atoms with van der Waals surface area (Å²) in [7, 11) is 0.